The number of guanidine groups is 1. The molecule has 0 bridgehead atoms. The van der Waals surface area contributed by atoms with Crippen molar-refractivity contribution in [1.82, 2.24) is 20.4 Å². The van der Waals surface area contributed by atoms with Crippen LogP contribution < -0.4 is 15.5 Å². The Morgan fingerprint density at radius 3 is 2.68 bits per heavy atom. The van der Waals surface area contributed by atoms with Gasteiger partial charge in [0.1, 0.15) is 0 Å². The highest BCUT2D eigenvalue weighted by molar-refractivity contribution is 14.0. The van der Waals surface area contributed by atoms with Crippen LogP contribution >= 0.6 is 24.0 Å². The molecule has 1 aliphatic heterocycles. The highest BCUT2D eigenvalue weighted by Gasteiger charge is 2.23. The Kier molecular flexibility index (Phi) is 8.59. The van der Waals surface area contributed by atoms with E-state index in [9.17, 15) is 0 Å². The number of aromatic nitrogens is 2. The van der Waals surface area contributed by atoms with Crippen LogP contribution in [0.1, 0.15) is 24.7 Å². The summed E-state index contributed by atoms with van der Waals surface area (Å²) in [6.45, 7) is 10.3. The summed E-state index contributed by atoms with van der Waals surface area (Å²) in [5.41, 5.74) is 3.59. The van der Waals surface area contributed by atoms with Gasteiger partial charge in [-0.1, -0.05) is 25.1 Å². The second kappa shape index (κ2) is 10.7. The quantitative estimate of drug-likeness (QED) is 0.367. The lowest BCUT2D eigenvalue weighted by atomic mass is 10.2. The molecular weight excluding hydrogens is 463 g/mol. The lowest BCUT2D eigenvalue weighted by molar-refractivity contribution is 0.435. The molecule has 1 aromatic heterocycles. The molecule has 2 N–H and O–H groups in total. The number of halogens is 1. The van der Waals surface area contributed by atoms with Gasteiger partial charge in [0.2, 0.25) is 0 Å². The SMILES string of the molecule is CN=C(NCC(C)Cn1nc(C)cc1C)NC1CCN(c2ccccc2)C1.I. The Morgan fingerprint density at radius 1 is 1.29 bits per heavy atom. The van der Waals surface area contributed by atoms with E-state index in [4.69, 9.17) is 0 Å². The molecule has 0 amide bonds. The number of benzene rings is 1. The Labute approximate surface area is 185 Å². The number of hydrogen-bond donors (Lipinski definition) is 2. The van der Waals surface area contributed by atoms with E-state index in [1.807, 2.05) is 14.0 Å². The van der Waals surface area contributed by atoms with Gasteiger partial charge in [-0.15, -0.1) is 24.0 Å². The van der Waals surface area contributed by atoms with Crippen molar-refractivity contribution >= 4 is 35.6 Å². The van der Waals surface area contributed by atoms with Gasteiger partial charge in [0.25, 0.3) is 0 Å². The fraction of sp³-hybridized carbons (Fsp3) is 0.524. The van der Waals surface area contributed by atoms with E-state index < -0.39 is 0 Å². The number of rotatable bonds is 6. The van der Waals surface area contributed by atoms with Gasteiger partial charge in [-0.2, -0.15) is 5.10 Å². The first-order valence-corrected chi connectivity index (χ1v) is 9.83. The smallest absolute Gasteiger partial charge is 0.191 e. The Bertz CT molecular complexity index is 758. The van der Waals surface area contributed by atoms with Gasteiger partial charge in [0.15, 0.2) is 5.96 Å². The van der Waals surface area contributed by atoms with Gasteiger partial charge >= 0.3 is 0 Å². The second-order valence-electron chi connectivity index (χ2n) is 7.58. The van der Waals surface area contributed by atoms with Gasteiger partial charge in [-0.3, -0.25) is 9.67 Å². The van der Waals surface area contributed by atoms with Crippen LogP contribution in [0, 0.1) is 19.8 Å². The highest BCUT2D eigenvalue weighted by Crippen LogP contribution is 2.19. The lowest BCUT2D eigenvalue weighted by Gasteiger charge is -2.21. The predicted molar refractivity (Wildman–Crippen MR) is 128 cm³/mol. The number of nitrogens with zero attached hydrogens (tertiary/aromatic N) is 4. The van der Waals surface area contributed by atoms with Crippen LogP contribution in [0.3, 0.4) is 0 Å². The first kappa shape index (κ1) is 22.5. The topological polar surface area (TPSA) is 57.5 Å². The number of nitrogens with one attached hydrogen (secondary N) is 2. The van der Waals surface area contributed by atoms with E-state index in [1.54, 1.807) is 0 Å². The molecule has 3 rings (SSSR count). The summed E-state index contributed by atoms with van der Waals surface area (Å²) < 4.78 is 2.09. The van der Waals surface area contributed by atoms with Gasteiger partial charge < -0.3 is 15.5 Å². The molecule has 0 aliphatic carbocycles. The summed E-state index contributed by atoms with van der Waals surface area (Å²) in [6, 6.07) is 13.2. The van der Waals surface area contributed by atoms with Crippen molar-refractivity contribution in [2.45, 2.75) is 39.8 Å². The van der Waals surface area contributed by atoms with Gasteiger partial charge in [-0.25, -0.2) is 0 Å². The Morgan fingerprint density at radius 2 is 2.04 bits per heavy atom. The van der Waals surface area contributed by atoms with Crippen LogP contribution in [0.15, 0.2) is 41.4 Å². The maximum absolute atomic E-state index is 4.56. The van der Waals surface area contributed by atoms with Crippen molar-refractivity contribution in [2.75, 3.05) is 31.6 Å². The normalized spacial score (nSPS) is 17.9. The molecule has 2 atom stereocenters. The molecule has 0 spiro atoms. The van der Waals surface area contributed by atoms with Crippen molar-refractivity contribution in [3.05, 3.63) is 47.8 Å². The molecule has 7 heteroatoms. The molecular formula is C21H33IN6. The number of aryl methyl sites for hydroxylation is 2. The predicted octanol–water partition coefficient (Wildman–Crippen LogP) is 3.20. The van der Waals surface area contributed by atoms with E-state index >= 15 is 0 Å². The highest BCUT2D eigenvalue weighted by atomic mass is 127. The third kappa shape index (κ3) is 6.12. The number of hydrogen-bond acceptors (Lipinski definition) is 3. The summed E-state index contributed by atoms with van der Waals surface area (Å²) >= 11 is 0. The fourth-order valence-electron chi connectivity index (χ4n) is 3.63. The molecule has 2 unspecified atom stereocenters. The summed E-state index contributed by atoms with van der Waals surface area (Å²) in [5, 5.41) is 11.6. The standard InChI is InChI=1S/C21H32N6.HI/c1-16(14-27-18(3)12-17(2)25-27)13-23-21(22-4)24-19-10-11-26(15-19)20-8-6-5-7-9-20;/h5-9,12,16,19H,10-11,13-15H2,1-4H3,(H2,22,23,24);1H. The van der Waals surface area contributed by atoms with Crippen molar-refractivity contribution in [3.63, 3.8) is 0 Å². The average molecular weight is 496 g/mol. The fourth-order valence-corrected chi connectivity index (χ4v) is 3.63. The van der Waals surface area contributed by atoms with Crippen LogP contribution in [-0.2, 0) is 6.54 Å². The molecule has 6 nitrogen and oxygen atoms in total. The number of para-hydroxylation sites is 1. The van der Waals surface area contributed by atoms with Gasteiger partial charge in [0.05, 0.1) is 5.69 Å². The summed E-state index contributed by atoms with van der Waals surface area (Å²) in [6.07, 6.45) is 1.12. The first-order valence-electron chi connectivity index (χ1n) is 9.83. The minimum Gasteiger partial charge on any atom is -0.369 e. The Balaban J connectivity index is 0.00000280. The zero-order valence-electron chi connectivity index (χ0n) is 17.4. The van der Waals surface area contributed by atoms with Crippen LogP contribution in [-0.4, -0.2) is 48.5 Å². The minimum absolute atomic E-state index is 0. The molecule has 154 valence electrons. The van der Waals surface area contributed by atoms with Crippen LogP contribution in [0.25, 0.3) is 0 Å². The molecule has 28 heavy (non-hydrogen) atoms. The van der Waals surface area contributed by atoms with Gasteiger partial charge in [0, 0.05) is 50.6 Å². The van der Waals surface area contributed by atoms with Crippen LogP contribution in [0.5, 0.6) is 0 Å². The van der Waals surface area contributed by atoms with Crippen molar-refractivity contribution in [3.8, 4) is 0 Å². The van der Waals surface area contributed by atoms with E-state index in [2.05, 4.69) is 80.6 Å². The molecule has 1 fully saturated rings. The number of aliphatic imine (C=N–C) groups is 1. The van der Waals surface area contributed by atoms with Gasteiger partial charge in [-0.05, 0) is 44.4 Å². The second-order valence-corrected chi connectivity index (χ2v) is 7.58. The molecule has 1 aromatic carbocycles. The van der Waals surface area contributed by atoms with Crippen LogP contribution in [0.2, 0.25) is 0 Å². The monoisotopic (exact) mass is 496 g/mol. The zero-order valence-corrected chi connectivity index (χ0v) is 19.7. The first-order chi connectivity index (χ1) is 13.0. The summed E-state index contributed by atoms with van der Waals surface area (Å²) in [7, 11) is 1.84. The molecule has 0 radical (unpaired) electrons. The van der Waals surface area contributed by atoms with E-state index in [-0.39, 0.29) is 24.0 Å². The molecule has 2 heterocycles. The molecule has 2 aromatic rings. The largest absolute Gasteiger partial charge is 0.369 e. The van der Waals surface area contributed by atoms with Crippen molar-refractivity contribution in [2.24, 2.45) is 10.9 Å². The van der Waals surface area contributed by atoms with E-state index in [0.29, 0.717) is 12.0 Å². The van der Waals surface area contributed by atoms with E-state index in [0.717, 1.165) is 44.3 Å². The average Bonchev–Trinajstić information content (AvgIpc) is 3.25. The van der Waals surface area contributed by atoms with Crippen LogP contribution in [0.4, 0.5) is 5.69 Å². The zero-order chi connectivity index (χ0) is 19.2. The molecule has 0 saturated carbocycles. The maximum atomic E-state index is 4.56. The molecule has 1 aliphatic rings. The third-order valence-corrected chi connectivity index (χ3v) is 5.08. The van der Waals surface area contributed by atoms with E-state index in [1.165, 1.54) is 11.4 Å². The molecule has 1 saturated heterocycles. The summed E-state index contributed by atoms with van der Waals surface area (Å²) in [4.78, 5) is 6.83. The van der Waals surface area contributed by atoms with Crippen molar-refractivity contribution < 1.29 is 0 Å². The minimum atomic E-state index is 0. The lowest BCUT2D eigenvalue weighted by Crippen LogP contribution is -2.46. The number of anilines is 1. The van der Waals surface area contributed by atoms with Crippen molar-refractivity contribution in [1.29, 1.82) is 0 Å². The third-order valence-electron chi connectivity index (χ3n) is 5.08. The Hall–Kier alpha value is -1.77. The summed E-state index contributed by atoms with van der Waals surface area (Å²) in [5.74, 6) is 1.35. The maximum Gasteiger partial charge on any atom is 0.191 e.